The second kappa shape index (κ2) is 7.25. The highest BCUT2D eigenvalue weighted by Gasteiger charge is 2.13. The standard InChI is InChI=1S/C18H16N2O3S2/c21-17(13-11-25-18(20-13)16-2-1-9-24-16)19-6-5-12-3-4-14-15(10-12)23-8-7-22-14/h1-4,9-11H,5-8H2,(H,19,21). The van der Waals surface area contributed by atoms with E-state index in [1.54, 1.807) is 16.7 Å². The molecule has 3 heterocycles. The molecule has 0 saturated carbocycles. The second-order valence-corrected chi connectivity index (χ2v) is 7.30. The molecule has 0 bridgehead atoms. The van der Waals surface area contributed by atoms with Crippen molar-refractivity contribution in [2.75, 3.05) is 19.8 Å². The third-order valence-electron chi connectivity index (χ3n) is 3.77. The number of rotatable bonds is 5. The highest BCUT2D eigenvalue weighted by Crippen LogP contribution is 2.31. The Balaban J connectivity index is 1.33. The predicted molar refractivity (Wildman–Crippen MR) is 98.9 cm³/mol. The molecule has 0 atom stereocenters. The van der Waals surface area contributed by atoms with E-state index < -0.39 is 0 Å². The van der Waals surface area contributed by atoms with Gasteiger partial charge in [-0.1, -0.05) is 12.1 Å². The van der Waals surface area contributed by atoms with Crippen molar-refractivity contribution >= 4 is 28.6 Å². The molecule has 1 aliphatic heterocycles. The van der Waals surface area contributed by atoms with Crippen molar-refractivity contribution < 1.29 is 14.3 Å². The van der Waals surface area contributed by atoms with Crippen LogP contribution in [-0.2, 0) is 6.42 Å². The van der Waals surface area contributed by atoms with Crippen LogP contribution in [0.3, 0.4) is 0 Å². The number of aromatic nitrogens is 1. The van der Waals surface area contributed by atoms with Crippen LogP contribution < -0.4 is 14.8 Å². The van der Waals surface area contributed by atoms with Gasteiger partial charge in [0.15, 0.2) is 11.5 Å². The summed E-state index contributed by atoms with van der Waals surface area (Å²) < 4.78 is 11.1. The van der Waals surface area contributed by atoms with E-state index >= 15 is 0 Å². The molecule has 2 aromatic heterocycles. The molecule has 1 aromatic carbocycles. The summed E-state index contributed by atoms with van der Waals surface area (Å²) in [6.07, 6.45) is 0.726. The largest absolute Gasteiger partial charge is 0.486 e. The summed E-state index contributed by atoms with van der Waals surface area (Å²) in [6, 6.07) is 9.87. The number of hydrogen-bond donors (Lipinski definition) is 1. The summed E-state index contributed by atoms with van der Waals surface area (Å²) in [5, 5.41) is 7.61. The monoisotopic (exact) mass is 372 g/mol. The lowest BCUT2D eigenvalue weighted by molar-refractivity contribution is 0.0950. The molecule has 7 heteroatoms. The van der Waals surface area contributed by atoms with E-state index in [0.717, 1.165) is 33.4 Å². The summed E-state index contributed by atoms with van der Waals surface area (Å²) in [4.78, 5) is 17.7. The maximum atomic E-state index is 12.2. The van der Waals surface area contributed by atoms with Crippen LogP contribution in [0.25, 0.3) is 9.88 Å². The Labute approximate surface area is 153 Å². The first-order valence-electron chi connectivity index (χ1n) is 7.96. The number of fused-ring (bicyclic) bond motifs is 1. The van der Waals surface area contributed by atoms with Gasteiger partial charge >= 0.3 is 0 Å². The number of hydrogen-bond acceptors (Lipinski definition) is 6. The molecule has 0 aliphatic carbocycles. The highest BCUT2D eigenvalue weighted by atomic mass is 32.1. The van der Waals surface area contributed by atoms with Crippen LogP contribution in [-0.4, -0.2) is 30.6 Å². The number of amides is 1. The van der Waals surface area contributed by atoms with Gasteiger partial charge in [0.25, 0.3) is 5.91 Å². The summed E-state index contributed by atoms with van der Waals surface area (Å²) in [7, 11) is 0. The van der Waals surface area contributed by atoms with Crippen molar-refractivity contribution in [2.24, 2.45) is 0 Å². The third kappa shape index (κ3) is 3.67. The number of carbonyl (C=O) groups excluding carboxylic acids is 1. The van der Waals surface area contributed by atoms with Crippen molar-refractivity contribution in [2.45, 2.75) is 6.42 Å². The maximum Gasteiger partial charge on any atom is 0.270 e. The first kappa shape index (κ1) is 16.1. The fourth-order valence-corrected chi connectivity index (χ4v) is 4.16. The number of thiazole rings is 1. The van der Waals surface area contributed by atoms with Crippen LogP contribution in [0.4, 0.5) is 0 Å². The molecule has 25 heavy (non-hydrogen) atoms. The molecule has 3 aromatic rings. The number of carbonyl (C=O) groups is 1. The van der Waals surface area contributed by atoms with Gasteiger partial charge in [-0.2, -0.15) is 0 Å². The van der Waals surface area contributed by atoms with Crippen LogP contribution in [0.2, 0.25) is 0 Å². The Morgan fingerprint density at radius 1 is 1.16 bits per heavy atom. The normalized spacial score (nSPS) is 12.8. The molecule has 5 nitrogen and oxygen atoms in total. The molecule has 0 spiro atoms. The van der Waals surface area contributed by atoms with E-state index in [9.17, 15) is 4.79 Å². The summed E-state index contributed by atoms with van der Waals surface area (Å²) >= 11 is 3.11. The number of nitrogens with zero attached hydrogens (tertiary/aromatic N) is 1. The first-order chi connectivity index (χ1) is 12.3. The van der Waals surface area contributed by atoms with E-state index in [0.29, 0.717) is 25.5 Å². The van der Waals surface area contributed by atoms with Gasteiger partial charge in [-0.3, -0.25) is 4.79 Å². The van der Waals surface area contributed by atoms with Crippen molar-refractivity contribution in [1.82, 2.24) is 10.3 Å². The van der Waals surface area contributed by atoms with Crippen LogP contribution in [0.15, 0.2) is 41.1 Å². The average molecular weight is 372 g/mol. The topological polar surface area (TPSA) is 60.5 Å². The zero-order valence-corrected chi connectivity index (χ0v) is 15.0. The predicted octanol–water partition coefficient (Wildman–Crippen LogP) is 3.62. The highest BCUT2D eigenvalue weighted by molar-refractivity contribution is 7.20. The lowest BCUT2D eigenvalue weighted by Gasteiger charge is -2.18. The second-order valence-electron chi connectivity index (χ2n) is 5.50. The Morgan fingerprint density at radius 2 is 2.04 bits per heavy atom. The molecule has 0 radical (unpaired) electrons. The van der Waals surface area contributed by atoms with Gasteiger partial charge in [-0.05, 0) is 35.6 Å². The zero-order valence-electron chi connectivity index (χ0n) is 13.4. The molecule has 1 N–H and O–H groups in total. The van der Waals surface area contributed by atoms with Gasteiger partial charge in [0.1, 0.15) is 23.9 Å². The Bertz CT molecular complexity index is 874. The van der Waals surface area contributed by atoms with Gasteiger partial charge in [0.2, 0.25) is 0 Å². The van der Waals surface area contributed by atoms with Crippen molar-refractivity contribution in [1.29, 1.82) is 0 Å². The van der Waals surface area contributed by atoms with Crippen LogP contribution in [0.1, 0.15) is 16.1 Å². The fourth-order valence-electron chi connectivity index (χ4n) is 2.55. The van der Waals surface area contributed by atoms with Crippen molar-refractivity contribution in [3.05, 3.63) is 52.3 Å². The van der Waals surface area contributed by atoms with E-state index in [4.69, 9.17) is 9.47 Å². The molecule has 0 fully saturated rings. The summed E-state index contributed by atoms with van der Waals surface area (Å²) in [6.45, 7) is 1.71. The molecule has 1 aliphatic rings. The van der Waals surface area contributed by atoms with Gasteiger partial charge in [-0.25, -0.2) is 4.98 Å². The van der Waals surface area contributed by atoms with Crippen molar-refractivity contribution in [3.63, 3.8) is 0 Å². The number of thiophene rings is 1. The van der Waals surface area contributed by atoms with Crippen LogP contribution >= 0.6 is 22.7 Å². The van der Waals surface area contributed by atoms with Gasteiger partial charge in [-0.15, -0.1) is 22.7 Å². The van der Waals surface area contributed by atoms with E-state index in [1.165, 1.54) is 11.3 Å². The first-order valence-corrected chi connectivity index (χ1v) is 9.72. The Morgan fingerprint density at radius 3 is 2.88 bits per heavy atom. The Kier molecular flexibility index (Phi) is 4.67. The van der Waals surface area contributed by atoms with Gasteiger partial charge in [0, 0.05) is 11.9 Å². The average Bonchev–Trinajstić information content (AvgIpc) is 3.33. The molecule has 1 amide bonds. The molecular weight excluding hydrogens is 356 g/mol. The lowest BCUT2D eigenvalue weighted by Crippen LogP contribution is -2.26. The zero-order chi connectivity index (χ0) is 17.1. The smallest absolute Gasteiger partial charge is 0.270 e. The lowest BCUT2D eigenvalue weighted by atomic mass is 10.1. The maximum absolute atomic E-state index is 12.2. The number of benzene rings is 1. The summed E-state index contributed by atoms with van der Waals surface area (Å²) in [5.74, 6) is 1.41. The van der Waals surface area contributed by atoms with Crippen molar-refractivity contribution in [3.8, 4) is 21.4 Å². The summed E-state index contributed by atoms with van der Waals surface area (Å²) in [5.41, 5.74) is 1.57. The Hall–Kier alpha value is -2.38. The minimum Gasteiger partial charge on any atom is -0.486 e. The quantitative estimate of drug-likeness (QED) is 0.743. The van der Waals surface area contributed by atoms with E-state index in [-0.39, 0.29) is 5.91 Å². The molecule has 128 valence electrons. The SMILES string of the molecule is O=C(NCCc1ccc2c(c1)OCCO2)c1csc(-c2cccs2)n1. The fraction of sp³-hybridized carbons (Fsp3) is 0.222. The van der Waals surface area contributed by atoms with Gasteiger partial charge in [0.05, 0.1) is 4.88 Å². The van der Waals surface area contributed by atoms with Gasteiger partial charge < -0.3 is 14.8 Å². The number of nitrogens with one attached hydrogen (secondary N) is 1. The third-order valence-corrected chi connectivity index (χ3v) is 5.66. The molecule has 4 rings (SSSR count). The minimum atomic E-state index is -0.142. The number of ether oxygens (including phenoxy) is 2. The molecular formula is C18H16N2O3S2. The van der Waals surface area contributed by atoms with E-state index in [2.05, 4.69) is 10.3 Å². The van der Waals surface area contributed by atoms with E-state index in [1.807, 2.05) is 35.7 Å². The molecule has 0 unspecified atom stereocenters. The minimum absolute atomic E-state index is 0.142. The van der Waals surface area contributed by atoms with Crippen LogP contribution in [0.5, 0.6) is 11.5 Å². The molecule has 0 saturated heterocycles. The van der Waals surface area contributed by atoms with Crippen LogP contribution in [0, 0.1) is 0 Å².